The van der Waals surface area contributed by atoms with E-state index in [9.17, 15) is 0 Å². The second-order valence-electron chi connectivity index (χ2n) is 6.23. The molecule has 0 N–H and O–H groups in total. The first-order valence-corrected chi connectivity index (χ1v) is 8.17. The summed E-state index contributed by atoms with van der Waals surface area (Å²) in [5.41, 5.74) is 3.64. The summed E-state index contributed by atoms with van der Waals surface area (Å²) in [6.07, 6.45) is 1.90. The first-order valence-electron chi connectivity index (χ1n) is 8.17. The van der Waals surface area contributed by atoms with Gasteiger partial charge in [-0.15, -0.1) is 0 Å². The first kappa shape index (κ1) is 13.3. The third kappa shape index (κ3) is 1.80. The summed E-state index contributed by atoms with van der Waals surface area (Å²) in [6, 6.07) is 25.7. The van der Waals surface area contributed by atoms with E-state index in [4.69, 9.17) is 4.98 Å². The number of hydrogen-bond donors (Lipinski definition) is 0. The van der Waals surface area contributed by atoms with Crippen molar-refractivity contribution < 1.29 is 0 Å². The normalized spacial score (nSPS) is 11.5. The van der Waals surface area contributed by atoms with E-state index < -0.39 is 0 Å². The van der Waals surface area contributed by atoms with Crippen LogP contribution in [-0.4, -0.2) is 9.55 Å². The highest BCUT2D eigenvalue weighted by Crippen LogP contribution is 2.33. The van der Waals surface area contributed by atoms with Crippen molar-refractivity contribution in [3.8, 4) is 5.82 Å². The van der Waals surface area contributed by atoms with Crippen LogP contribution in [0.5, 0.6) is 0 Å². The maximum absolute atomic E-state index is 4.75. The molecule has 0 bridgehead atoms. The lowest BCUT2D eigenvalue weighted by Gasteiger charge is -2.10. The number of para-hydroxylation sites is 2. The molecule has 2 heteroatoms. The average Bonchev–Trinajstić information content (AvgIpc) is 2.96. The van der Waals surface area contributed by atoms with Crippen LogP contribution in [0.2, 0.25) is 0 Å². The summed E-state index contributed by atoms with van der Waals surface area (Å²) >= 11 is 0. The predicted molar refractivity (Wildman–Crippen MR) is 101 cm³/mol. The molecule has 114 valence electrons. The number of aryl methyl sites for hydroxylation is 1. The molecule has 0 atom stereocenters. The van der Waals surface area contributed by atoms with Crippen LogP contribution in [0.25, 0.3) is 38.4 Å². The molecule has 0 aliphatic heterocycles. The first-order chi connectivity index (χ1) is 11.8. The molecular formula is C22H16N2. The Hall–Kier alpha value is -3.13. The number of pyridine rings is 1. The Morgan fingerprint density at radius 3 is 2.08 bits per heavy atom. The van der Waals surface area contributed by atoms with E-state index in [-0.39, 0.29) is 0 Å². The van der Waals surface area contributed by atoms with E-state index >= 15 is 0 Å². The fraction of sp³-hybridized carbons (Fsp3) is 0.0455. The van der Waals surface area contributed by atoms with Crippen LogP contribution in [0.1, 0.15) is 5.56 Å². The summed E-state index contributed by atoms with van der Waals surface area (Å²) in [7, 11) is 0. The number of hydrogen-bond acceptors (Lipinski definition) is 1. The third-order valence-corrected chi connectivity index (χ3v) is 4.69. The Labute approximate surface area is 140 Å². The fourth-order valence-corrected chi connectivity index (χ4v) is 3.60. The van der Waals surface area contributed by atoms with E-state index in [2.05, 4.69) is 84.3 Å². The SMILES string of the molecule is Cc1ccc2ccnc(-n3c4ccccc4c4ccccc43)c2c1. The zero-order chi connectivity index (χ0) is 16.1. The Balaban J connectivity index is 2.01. The van der Waals surface area contributed by atoms with Gasteiger partial charge in [0.15, 0.2) is 0 Å². The Kier molecular flexibility index (Phi) is 2.74. The van der Waals surface area contributed by atoms with Gasteiger partial charge in [0.2, 0.25) is 0 Å². The van der Waals surface area contributed by atoms with Crippen LogP contribution < -0.4 is 0 Å². The molecule has 3 aromatic carbocycles. The van der Waals surface area contributed by atoms with Crippen LogP contribution in [0.15, 0.2) is 79.0 Å². The highest BCUT2D eigenvalue weighted by molar-refractivity contribution is 6.10. The maximum Gasteiger partial charge on any atom is 0.145 e. The molecule has 5 aromatic rings. The molecule has 0 aliphatic rings. The average molecular weight is 308 g/mol. The van der Waals surface area contributed by atoms with Gasteiger partial charge in [-0.05, 0) is 36.6 Å². The molecule has 0 saturated carbocycles. The fourth-order valence-electron chi connectivity index (χ4n) is 3.60. The summed E-state index contributed by atoms with van der Waals surface area (Å²) in [4.78, 5) is 4.75. The van der Waals surface area contributed by atoms with Gasteiger partial charge in [0.25, 0.3) is 0 Å². The molecule has 0 unspecified atom stereocenters. The molecule has 0 saturated heterocycles. The van der Waals surface area contributed by atoms with Gasteiger partial charge in [-0.3, -0.25) is 4.57 Å². The van der Waals surface area contributed by atoms with E-state index in [1.54, 1.807) is 0 Å². The lowest BCUT2D eigenvalue weighted by atomic mass is 10.1. The molecule has 2 aromatic heterocycles. The van der Waals surface area contributed by atoms with Gasteiger partial charge in [-0.25, -0.2) is 4.98 Å². The highest BCUT2D eigenvalue weighted by atomic mass is 15.1. The smallest absolute Gasteiger partial charge is 0.145 e. The van der Waals surface area contributed by atoms with Crippen molar-refractivity contribution in [2.75, 3.05) is 0 Å². The van der Waals surface area contributed by atoms with Crippen molar-refractivity contribution >= 4 is 32.6 Å². The van der Waals surface area contributed by atoms with Crippen molar-refractivity contribution in [3.05, 3.63) is 84.6 Å². The second kappa shape index (κ2) is 4.93. The molecule has 0 radical (unpaired) electrons. The van der Waals surface area contributed by atoms with Crippen molar-refractivity contribution in [2.45, 2.75) is 6.92 Å². The van der Waals surface area contributed by atoms with E-state index in [0.29, 0.717) is 0 Å². The van der Waals surface area contributed by atoms with Gasteiger partial charge in [-0.1, -0.05) is 54.1 Å². The molecule has 0 amide bonds. The lowest BCUT2D eigenvalue weighted by molar-refractivity contribution is 1.10. The maximum atomic E-state index is 4.75. The minimum atomic E-state index is 0.994. The molecule has 5 rings (SSSR count). The molecule has 24 heavy (non-hydrogen) atoms. The van der Waals surface area contributed by atoms with Crippen molar-refractivity contribution in [1.82, 2.24) is 9.55 Å². The van der Waals surface area contributed by atoms with Gasteiger partial charge in [0.05, 0.1) is 11.0 Å². The van der Waals surface area contributed by atoms with Crippen LogP contribution >= 0.6 is 0 Å². The van der Waals surface area contributed by atoms with E-state index in [1.165, 1.54) is 38.1 Å². The number of nitrogens with zero attached hydrogens (tertiary/aromatic N) is 2. The van der Waals surface area contributed by atoms with Gasteiger partial charge < -0.3 is 0 Å². The topological polar surface area (TPSA) is 17.8 Å². The van der Waals surface area contributed by atoms with Gasteiger partial charge in [-0.2, -0.15) is 0 Å². The van der Waals surface area contributed by atoms with E-state index in [0.717, 1.165) is 5.82 Å². The zero-order valence-electron chi connectivity index (χ0n) is 13.4. The molecule has 0 spiro atoms. The van der Waals surface area contributed by atoms with Gasteiger partial charge in [0, 0.05) is 22.4 Å². The lowest BCUT2D eigenvalue weighted by Crippen LogP contribution is -1.98. The minimum Gasteiger partial charge on any atom is -0.293 e. The number of benzene rings is 3. The monoisotopic (exact) mass is 308 g/mol. The van der Waals surface area contributed by atoms with Crippen LogP contribution in [0.3, 0.4) is 0 Å². The highest BCUT2D eigenvalue weighted by Gasteiger charge is 2.14. The molecule has 2 heterocycles. The largest absolute Gasteiger partial charge is 0.293 e. The van der Waals surface area contributed by atoms with E-state index in [1.807, 2.05) is 6.20 Å². The van der Waals surface area contributed by atoms with Gasteiger partial charge in [0.1, 0.15) is 5.82 Å². The van der Waals surface area contributed by atoms with Gasteiger partial charge >= 0.3 is 0 Å². The Bertz CT molecular complexity index is 1160. The second-order valence-corrected chi connectivity index (χ2v) is 6.23. The standard InChI is InChI=1S/C22H16N2/c1-15-10-11-16-12-13-23-22(19(16)14-15)24-20-8-4-2-6-17(20)18-7-3-5-9-21(18)24/h2-14H,1H3. The summed E-state index contributed by atoms with van der Waals surface area (Å²) in [5.74, 6) is 0.994. The van der Waals surface area contributed by atoms with Crippen LogP contribution in [0.4, 0.5) is 0 Å². The quantitative estimate of drug-likeness (QED) is 0.392. The third-order valence-electron chi connectivity index (χ3n) is 4.69. The Morgan fingerprint density at radius 2 is 1.38 bits per heavy atom. The Morgan fingerprint density at radius 1 is 0.708 bits per heavy atom. The number of aromatic nitrogens is 2. The summed E-state index contributed by atoms with van der Waals surface area (Å²) in [6.45, 7) is 2.13. The summed E-state index contributed by atoms with van der Waals surface area (Å²) < 4.78 is 2.28. The molecule has 0 aliphatic carbocycles. The molecule has 2 nitrogen and oxygen atoms in total. The van der Waals surface area contributed by atoms with Crippen LogP contribution in [-0.2, 0) is 0 Å². The van der Waals surface area contributed by atoms with Crippen LogP contribution in [0, 0.1) is 6.92 Å². The zero-order valence-corrected chi connectivity index (χ0v) is 13.4. The molecule has 0 fully saturated rings. The minimum absolute atomic E-state index is 0.994. The van der Waals surface area contributed by atoms with Crippen molar-refractivity contribution in [3.63, 3.8) is 0 Å². The van der Waals surface area contributed by atoms with Crippen molar-refractivity contribution in [2.24, 2.45) is 0 Å². The number of fused-ring (bicyclic) bond motifs is 4. The summed E-state index contributed by atoms with van der Waals surface area (Å²) in [5, 5.41) is 4.93. The van der Waals surface area contributed by atoms with Crippen molar-refractivity contribution in [1.29, 1.82) is 0 Å². The molecular weight excluding hydrogens is 292 g/mol. The predicted octanol–water partition coefficient (Wildman–Crippen LogP) is 5.64. The number of rotatable bonds is 1.